The number of aliphatic carboxylic acids is 1. The summed E-state index contributed by atoms with van der Waals surface area (Å²) in [5.41, 5.74) is 5.57. The number of nitrogens with two attached hydrogens (primary N) is 1. The molecule has 0 aliphatic carbocycles. The maximum Gasteiger partial charge on any atom is 0.334 e. The first-order valence-corrected chi connectivity index (χ1v) is 5.93. The van der Waals surface area contributed by atoms with Crippen molar-refractivity contribution >= 4 is 11.9 Å². The second kappa shape index (κ2) is 6.56. The summed E-state index contributed by atoms with van der Waals surface area (Å²) in [7, 11) is 0. The number of hydrogen-bond donors (Lipinski definition) is 2. The zero-order chi connectivity index (χ0) is 12.8. The van der Waals surface area contributed by atoms with Gasteiger partial charge in [0.25, 0.3) is 0 Å². The lowest BCUT2D eigenvalue weighted by Crippen LogP contribution is -2.51. The van der Waals surface area contributed by atoms with E-state index in [-0.39, 0.29) is 25.0 Å². The van der Waals surface area contributed by atoms with E-state index in [1.807, 2.05) is 6.92 Å². The molecule has 1 aliphatic rings. The van der Waals surface area contributed by atoms with Crippen LogP contribution in [0.1, 0.15) is 19.8 Å². The van der Waals surface area contributed by atoms with E-state index in [0.29, 0.717) is 13.1 Å². The number of ether oxygens (including phenoxy) is 1. The van der Waals surface area contributed by atoms with Gasteiger partial charge in [-0.2, -0.15) is 0 Å². The van der Waals surface area contributed by atoms with Crippen molar-refractivity contribution in [2.45, 2.75) is 25.9 Å². The summed E-state index contributed by atoms with van der Waals surface area (Å²) in [5, 5.41) is 8.85. The summed E-state index contributed by atoms with van der Waals surface area (Å²) < 4.78 is 5.07. The van der Waals surface area contributed by atoms with Gasteiger partial charge in [-0.05, 0) is 6.42 Å². The molecule has 0 aromatic carbocycles. The molecular formula is C11H20N2O4. The summed E-state index contributed by atoms with van der Waals surface area (Å²) in [6, 6.07) is 0. The number of carbonyl (C=O) groups excluding carboxylic acids is 1. The van der Waals surface area contributed by atoms with Crippen molar-refractivity contribution in [2.75, 3.05) is 26.2 Å². The van der Waals surface area contributed by atoms with Gasteiger partial charge in [0.2, 0.25) is 5.91 Å². The van der Waals surface area contributed by atoms with Crippen LogP contribution in [0.25, 0.3) is 0 Å². The molecule has 3 N–H and O–H groups in total. The van der Waals surface area contributed by atoms with Crippen molar-refractivity contribution in [3.8, 4) is 0 Å². The van der Waals surface area contributed by atoms with Crippen molar-refractivity contribution in [1.29, 1.82) is 0 Å². The molecular weight excluding hydrogens is 224 g/mol. The molecule has 0 saturated carbocycles. The number of nitrogens with zero attached hydrogens (tertiary/aromatic N) is 1. The molecule has 1 rings (SSSR count). The highest BCUT2D eigenvalue weighted by atomic mass is 16.5. The Kier molecular flexibility index (Phi) is 5.37. The third-order valence-corrected chi connectivity index (χ3v) is 2.92. The molecule has 6 heteroatoms. The van der Waals surface area contributed by atoms with Gasteiger partial charge in [-0.3, -0.25) is 4.79 Å². The lowest BCUT2D eigenvalue weighted by molar-refractivity contribution is -0.160. The van der Waals surface area contributed by atoms with Gasteiger partial charge in [0.05, 0.1) is 19.1 Å². The number of hydrogen-bond acceptors (Lipinski definition) is 4. The Labute approximate surface area is 101 Å². The molecule has 0 aromatic heterocycles. The van der Waals surface area contributed by atoms with Gasteiger partial charge in [-0.15, -0.1) is 0 Å². The molecule has 17 heavy (non-hydrogen) atoms. The lowest BCUT2D eigenvalue weighted by Gasteiger charge is -2.33. The number of morpholine rings is 1. The highest BCUT2D eigenvalue weighted by Gasteiger charge is 2.31. The van der Waals surface area contributed by atoms with Crippen molar-refractivity contribution in [1.82, 2.24) is 4.90 Å². The van der Waals surface area contributed by atoms with Gasteiger partial charge < -0.3 is 20.5 Å². The van der Waals surface area contributed by atoms with E-state index in [1.54, 1.807) is 4.90 Å². The van der Waals surface area contributed by atoms with Gasteiger partial charge in [0.1, 0.15) is 0 Å². The van der Waals surface area contributed by atoms with Crippen LogP contribution in [0.15, 0.2) is 0 Å². The average molecular weight is 244 g/mol. The molecule has 1 amide bonds. The van der Waals surface area contributed by atoms with E-state index in [0.717, 1.165) is 12.8 Å². The van der Waals surface area contributed by atoms with Crippen LogP contribution in [-0.4, -0.2) is 54.2 Å². The van der Waals surface area contributed by atoms with Crippen LogP contribution in [0.3, 0.4) is 0 Å². The van der Waals surface area contributed by atoms with Crippen LogP contribution in [0.5, 0.6) is 0 Å². The van der Waals surface area contributed by atoms with E-state index in [9.17, 15) is 9.59 Å². The Bertz CT molecular complexity index is 283. The summed E-state index contributed by atoms with van der Waals surface area (Å²) in [6.45, 7) is 3.14. The fourth-order valence-electron chi connectivity index (χ4n) is 1.95. The zero-order valence-electron chi connectivity index (χ0n) is 10.1. The first-order chi connectivity index (χ1) is 8.10. The van der Waals surface area contributed by atoms with Crippen molar-refractivity contribution in [2.24, 2.45) is 11.7 Å². The number of carboxylic acid groups (broad SMARTS) is 1. The van der Waals surface area contributed by atoms with Gasteiger partial charge >= 0.3 is 5.97 Å². The van der Waals surface area contributed by atoms with Gasteiger partial charge in [-0.25, -0.2) is 4.79 Å². The van der Waals surface area contributed by atoms with Crippen molar-refractivity contribution in [3.63, 3.8) is 0 Å². The highest BCUT2D eigenvalue weighted by molar-refractivity contribution is 5.80. The van der Waals surface area contributed by atoms with Crippen molar-refractivity contribution in [3.05, 3.63) is 0 Å². The van der Waals surface area contributed by atoms with Gasteiger partial charge in [0.15, 0.2) is 6.10 Å². The minimum Gasteiger partial charge on any atom is -0.479 e. The van der Waals surface area contributed by atoms with E-state index >= 15 is 0 Å². The third kappa shape index (κ3) is 3.67. The zero-order valence-corrected chi connectivity index (χ0v) is 10.1. The molecule has 0 aromatic rings. The van der Waals surface area contributed by atoms with Crippen molar-refractivity contribution < 1.29 is 19.4 Å². The molecule has 1 fully saturated rings. The fraction of sp³-hybridized carbons (Fsp3) is 0.818. The molecule has 0 spiro atoms. The minimum atomic E-state index is -1.03. The van der Waals surface area contributed by atoms with E-state index in [2.05, 4.69) is 0 Å². The molecule has 98 valence electrons. The summed E-state index contributed by atoms with van der Waals surface area (Å²) in [6.07, 6.45) is 0.720. The standard InChI is InChI=1S/C11H20N2O4/c1-2-3-8(6-12)10(14)13-4-5-17-9(7-13)11(15)16/h8-9H,2-7,12H2,1H3,(H,15,16). The van der Waals surface area contributed by atoms with E-state index < -0.39 is 12.1 Å². The van der Waals surface area contributed by atoms with Crippen LogP contribution in [0.4, 0.5) is 0 Å². The Morgan fingerprint density at radius 3 is 2.82 bits per heavy atom. The normalized spacial score (nSPS) is 22.2. The molecule has 6 nitrogen and oxygen atoms in total. The number of carbonyl (C=O) groups is 2. The SMILES string of the molecule is CCCC(CN)C(=O)N1CCOC(C(=O)O)C1. The highest BCUT2D eigenvalue weighted by Crippen LogP contribution is 2.13. The molecule has 1 heterocycles. The third-order valence-electron chi connectivity index (χ3n) is 2.92. The molecule has 1 aliphatic heterocycles. The first-order valence-electron chi connectivity index (χ1n) is 5.93. The monoisotopic (exact) mass is 244 g/mol. The van der Waals surface area contributed by atoms with Crippen LogP contribution in [0, 0.1) is 5.92 Å². The summed E-state index contributed by atoms with van der Waals surface area (Å²) >= 11 is 0. The molecule has 2 atom stereocenters. The smallest absolute Gasteiger partial charge is 0.334 e. The quantitative estimate of drug-likeness (QED) is 0.691. The predicted octanol–water partition coefficient (Wildman–Crippen LogP) is -0.327. The number of amides is 1. The van der Waals surface area contributed by atoms with Crippen LogP contribution >= 0.6 is 0 Å². The molecule has 2 unspecified atom stereocenters. The molecule has 0 radical (unpaired) electrons. The van der Waals surface area contributed by atoms with Gasteiger partial charge in [-0.1, -0.05) is 13.3 Å². The second-order valence-corrected chi connectivity index (χ2v) is 4.20. The Balaban J connectivity index is 2.58. The predicted molar refractivity (Wildman–Crippen MR) is 61.4 cm³/mol. The maximum absolute atomic E-state index is 12.1. The Morgan fingerprint density at radius 1 is 1.59 bits per heavy atom. The largest absolute Gasteiger partial charge is 0.479 e. The second-order valence-electron chi connectivity index (χ2n) is 4.20. The Hall–Kier alpha value is -1.14. The number of carboxylic acids is 1. The number of rotatable bonds is 5. The van der Waals surface area contributed by atoms with Crippen LogP contribution in [0.2, 0.25) is 0 Å². The molecule has 0 bridgehead atoms. The van der Waals surface area contributed by atoms with E-state index in [1.165, 1.54) is 0 Å². The average Bonchev–Trinajstić information content (AvgIpc) is 2.35. The van der Waals surface area contributed by atoms with Crippen LogP contribution < -0.4 is 5.73 Å². The lowest BCUT2D eigenvalue weighted by atomic mass is 10.0. The van der Waals surface area contributed by atoms with Crippen LogP contribution in [-0.2, 0) is 14.3 Å². The van der Waals surface area contributed by atoms with E-state index in [4.69, 9.17) is 15.6 Å². The first kappa shape index (κ1) is 13.9. The summed E-state index contributed by atoms with van der Waals surface area (Å²) in [5.74, 6) is -1.28. The van der Waals surface area contributed by atoms with Gasteiger partial charge in [0, 0.05) is 13.1 Å². The summed E-state index contributed by atoms with van der Waals surface area (Å²) in [4.78, 5) is 24.4. The maximum atomic E-state index is 12.1. The fourth-order valence-corrected chi connectivity index (χ4v) is 1.95. The molecule has 1 saturated heterocycles. The topological polar surface area (TPSA) is 92.9 Å². The minimum absolute atomic E-state index is 0.0519. The Morgan fingerprint density at radius 2 is 2.29 bits per heavy atom.